The van der Waals surface area contributed by atoms with Gasteiger partial charge in [-0.05, 0) is 35.0 Å². The second kappa shape index (κ2) is 3.48. The molecule has 1 heterocycles. The van der Waals surface area contributed by atoms with Crippen molar-refractivity contribution in [3.63, 3.8) is 0 Å². The predicted octanol–water partition coefficient (Wildman–Crippen LogP) is 2.18. The number of nitrogens with one attached hydrogen (secondary N) is 1. The van der Waals surface area contributed by atoms with Crippen molar-refractivity contribution in [3.8, 4) is 0 Å². The van der Waals surface area contributed by atoms with E-state index in [9.17, 15) is 0 Å². The van der Waals surface area contributed by atoms with Gasteiger partial charge in [-0.25, -0.2) is 4.98 Å². The summed E-state index contributed by atoms with van der Waals surface area (Å²) in [6.07, 6.45) is 0. The van der Waals surface area contributed by atoms with E-state index in [2.05, 4.69) is 38.2 Å². The molecule has 1 aromatic heterocycles. The van der Waals surface area contributed by atoms with E-state index in [4.69, 9.17) is 0 Å². The minimum Gasteiger partial charge on any atom is -0.277 e. The van der Waals surface area contributed by atoms with Crippen molar-refractivity contribution in [2.24, 2.45) is 5.10 Å². The molecule has 3 nitrogen and oxygen atoms in total. The number of halogens is 1. The van der Waals surface area contributed by atoms with Crippen LogP contribution in [-0.4, -0.2) is 11.7 Å². The first-order chi connectivity index (χ1) is 5.24. The fourth-order valence-corrected chi connectivity index (χ4v) is 1.13. The highest BCUT2D eigenvalue weighted by molar-refractivity contribution is 9.10. The number of hydrogen-bond donors (Lipinski definition) is 1. The Kier molecular flexibility index (Phi) is 2.59. The van der Waals surface area contributed by atoms with Crippen LogP contribution in [0.3, 0.4) is 0 Å². The molecule has 1 N–H and O–H groups in total. The van der Waals surface area contributed by atoms with Crippen LogP contribution in [0.15, 0.2) is 21.8 Å². The molecule has 0 unspecified atom stereocenters. The van der Waals surface area contributed by atoms with Gasteiger partial charge in [-0.15, -0.1) is 0 Å². The maximum Gasteiger partial charge on any atom is 0.106 e. The molecule has 1 aromatic rings. The lowest BCUT2D eigenvalue weighted by atomic mass is 10.3. The van der Waals surface area contributed by atoms with Gasteiger partial charge in [-0.1, -0.05) is 0 Å². The lowest BCUT2D eigenvalue weighted by Gasteiger charge is -2.02. The van der Waals surface area contributed by atoms with Crippen molar-refractivity contribution in [3.05, 3.63) is 22.4 Å². The minimum atomic E-state index is 0.824. The Morgan fingerprint density at radius 1 is 1.64 bits per heavy atom. The second-order valence-electron chi connectivity index (χ2n) is 2.04. The van der Waals surface area contributed by atoms with Gasteiger partial charge in [0.15, 0.2) is 0 Å². The fourth-order valence-electron chi connectivity index (χ4n) is 0.734. The first-order valence-corrected chi connectivity index (χ1v) is 3.88. The van der Waals surface area contributed by atoms with Crippen molar-refractivity contribution in [1.29, 1.82) is 0 Å². The van der Waals surface area contributed by atoms with Gasteiger partial charge in [0.25, 0.3) is 0 Å². The van der Waals surface area contributed by atoms with Gasteiger partial charge in [0.05, 0.1) is 11.4 Å². The van der Waals surface area contributed by atoms with Gasteiger partial charge in [-0.2, -0.15) is 5.10 Å². The van der Waals surface area contributed by atoms with Gasteiger partial charge in [0.1, 0.15) is 4.60 Å². The van der Waals surface area contributed by atoms with E-state index in [-0.39, 0.29) is 0 Å². The molecule has 0 atom stereocenters. The Morgan fingerprint density at radius 3 is 2.91 bits per heavy atom. The molecule has 11 heavy (non-hydrogen) atoms. The first kappa shape index (κ1) is 8.20. The number of rotatable bonds is 2. The van der Waals surface area contributed by atoms with Crippen LogP contribution in [0.2, 0.25) is 0 Å². The summed E-state index contributed by atoms with van der Waals surface area (Å²) >= 11 is 3.26. The summed E-state index contributed by atoms with van der Waals surface area (Å²) in [7, 11) is 0. The summed E-state index contributed by atoms with van der Waals surface area (Å²) in [5, 5.41) is 3.54. The quantitative estimate of drug-likeness (QED) is 0.465. The van der Waals surface area contributed by atoms with E-state index < -0.39 is 0 Å². The molecule has 0 aliphatic heterocycles. The van der Waals surface area contributed by atoms with E-state index in [1.54, 1.807) is 0 Å². The number of aryl methyl sites for hydroxylation is 1. The minimum absolute atomic E-state index is 0.824. The van der Waals surface area contributed by atoms with Gasteiger partial charge >= 0.3 is 0 Å². The normalized spacial score (nSPS) is 9.27. The maximum absolute atomic E-state index is 4.16. The van der Waals surface area contributed by atoms with Crippen molar-refractivity contribution in [2.45, 2.75) is 6.92 Å². The van der Waals surface area contributed by atoms with Gasteiger partial charge in [0.2, 0.25) is 0 Å². The molecule has 0 radical (unpaired) electrons. The number of pyridine rings is 1. The van der Waals surface area contributed by atoms with Crippen molar-refractivity contribution in [1.82, 2.24) is 4.98 Å². The first-order valence-electron chi connectivity index (χ1n) is 3.09. The van der Waals surface area contributed by atoms with Gasteiger partial charge < -0.3 is 0 Å². The average molecular weight is 214 g/mol. The Hall–Kier alpha value is -0.900. The number of hydrazone groups is 1. The molecule has 0 aromatic carbocycles. The highest BCUT2D eigenvalue weighted by Crippen LogP contribution is 2.15. The smallest absolute Gasteiger partial charge is 0.106 e. The van der Waals surface area contributed by atoms with Crippen molar-refractivity contribution in [2.75, 3.05) is 5.43 Å². The summed E-state index contributed by atoms with van der Waals surface area (Å²) in [5.74, 6) is 0. The highest BCUT2D eigenvalue weighted by Gasteiger charge is 1.96. The van der Waals surface area contributed by atoms with Crippen LogP contribution in [0.25, 0.3) is 0 Å². The Balaban J connectivity index is 2.98. The molecule has 0 bridgehead atoms. The third kappa shape index (κ3) is 2.01. The van der Waals surface area contributed by atoms with Crippen LogP contribution < -0.4 is 5.43 Å². The largest absolute Gasteiger partial charge is 0.277 e. The van der Waals surface area contributed by atoms with E-state index in [0.717, 1.165) is 16.0 Å². The standard InChI is InChI=1S/C7H8BrN3/c1-5-6(11-9-2)3-4-7(8)10-5/h3-4,11H,2H2,1H3. The van der Waals surface area contributed by atoms with Crippen LogP contribution in [0.4, 0.5) is 5.69 Å². The molecule has 0 aliphatic carbocycles. The molecule has 0 spiro atoms. The molecule has 1 rings (SSSR count). The SMILES string of the molecule is C=NNc1ccc(Br)nc1C. The molecular formula is C7H8BrN3. The third-order valence-corrected chi connectivity index (χ3v) is 1.69. The van der Waals surface area contributed by atoms with Crippen LogP contribution >= 0.6 is 15.9 Å². The average Bonchev–Trinajstić information content (AvgIpc) is 1.95. The van der Waals surface area contributed by atoms with E-state index in [0.29, 0.717) is 0 Å². The van der Waals surface area contributed by atoms with E-state index in [1.165, 1.54) is 0 Å². The Morgan fingerprint density at radius 2 is 2.36 bits per heavy atom. The molecule has 58 valence electrons. The summed E-state index contributed by atoms with van der Waals surface area (Å²) in [5.41, 5.74) is 4.51. The monoisotopic (exact) mass is 213 g/mol. The lowest BCUT2D eigenvalue weighted by molar-refractivity contribution is 1.15. The van der Waals surface area contributed by atoms with Crippen LogP contribution in [0, 0.1) is 6.92 Å². The van der Waals surface area contributed by atoms with Crippen LogP contribution in [-0.2, 0) is 0 Å². The lowest BCUT2D eigenvalue weighted by Crippen LogP contribution is -1.92. The van der Waals surface area contributed by atoms with Gasteiger partial charge in [0, 0.05) is 6.72 Å². The summed E-state index contributed by atoms with van der Waals surface area (Å²) in [6.45, 7) is 5.22. The van der Waals surface area contributed by atoms with Gasteiger partial charge in [-0.3, -0.25) is 5.43 Å². The Bertz CT molecular complexity index is 272. The van der Waals surface area contributed by atoms with Crippen LogP contribution in [0.1, 0.15) is 5.69 Å². The number of nitrogens with zero attached hydrogens (tertiary/aromatic N) is 2. The van der Waals surface area contributed by atoms with Crippen molar-refractivity contribution >= 4 is 28.3 Å². The predicted molar refractivity (Wildman–Crippen MR) is 49.8 cm³/mol. The zero-order valence-electron chi connectivity index (χ0n) is 6.13. The Labute approximate surface area is 73.7 Å². The zero-order chi connectivity index (χ0) is 8.27. The number of hydrogen-bond acceptors (Lipinski definition) is 3. The number of anilines is 1. The molecule has 0 saturated heterocycles. The highest BCUT2D eigenvalue weighted by atomic mass is 79.9. The van der Waals surface area contributed by atoms with E-state index >= 15 is 0 Å². The summed E-state index contributed by atoms with van der Waals surface area (Å²) in [6, 6.07) is 3.74. The molecule has 0 fully saturated rings. The number of aromatic nitrogens is 1. The maximum atomic E-state index is 4.16. The topological polar surface area (TPSA) is 37.3 Å². The van der Waals surface area contributed by atoms with E-state index in [1.807, 2.05) is 19.1 Å². The zero-order valence-corrected chi connectivity index (χ0v) is 7.72. The summed E-state index contributed by atoms with van der Waals surface area (Å²) in [4.78, 5) is 4.16. The molecular weight excluding hydrogens is 206 g/mol. The summed E-state index contributed by atoms with van der Waals surface area (Å²) < 4.78 is 0.824. The molecule has 0 saturated carbocycles. The van der Waals surface area contributed by atoms with Crippen LogP contribution in [0.5, 0.6) is 0 Å². The van der Waals surface area contributed by atoms with Crippen molar-refractivity contribution < 1.29 is 0 Å². The fraction of sp³-hybridized carbons (Fsp3) is 0.143. The molecule has 4 heteroatoms. The molecule has 0 amide bonds. The second-order valence-corrected chi connectivity index (χ2v) is 2.85. The third-order valence-electron chi connectivity index (χ3n) is 1.25. The molecule has 0 aliphatic rings.